The fourth-order valence-electron chi connectivity index (χ4n) is 2.30. The van der Waals surface area contributed by atoms with Crippen molar-refractivity contribution in [3.63, 3.8) is 0 Å². The third-order valence-electron chi connectivity index (χ3n) is 3.33. The summed E-state index contributed by atoms with van der Waals surface area (Å²) in [5.41, 5.74) is 7.66. The number of pyridine rings is 1. The number of carbonyl (C=O) groups excluding carboxylic acids is 1. The third-order valence-corrected chi connectivity index (χ3v) is 3.33. The second-order valence-electron chi connectivity index (χ2n) is 4.56. The lowest BCUT2D eigenvalue weighted by Gasteiger charge is -2.27. The first kappa shape index (κ1) is 11.9. The van der Waals surface area contributed by atoms with Crippen molar-refractivity contribution in [3.05, 3.63) is 53.2 Å². The Morgan fingerprint density at radius 2 is 2.32 bits per heavy atom. The van der Waals surface area contributed by atoms with Crippen molar-refractivity contribution < 1.29 is 9.21 Å². The highest BCUT2D eigenvalue weighted by Gasteiger charge is 2.24. The maximum absolute atomic E-state index is 12.3. The van der Waals surface area contributed by atoms with Crippen molar-refractivity contribution in [2.45, 2.75) is 19.5 Å². The molecule has 0 atom stereocenters. The Morgan fingerprint density at radius 1 is 1.42 bits per heavy atom. The smallest absolute Gasteiger partial charge is 0.289 e. The average Bonchev–Trinajstić information content (AvgIpc) is 2.95. The molecule has 98 valence electrons. The van der Waals surface area contributed by atoms with E-state index in [0.717, 1.165) is 17.7 Å². The van der Waals surface area contributed by atoms with E-state index in [1.165, 1.54) is 0 Å². The van der Waals surface area contributed by atoms with Crippen LogP contribution in [-0.4, -0.2) is 22.3 Å². The molecule has 19 heavy (non-hydrogen) atoms. The van der Waals surface area contributed by atoms with Gasteiger partial charge in [-0.25, -0.2) is 0 Å². The number of hydrogen-bond donors (Lipinski definition) is 1. The highest BCUT2D eigenvalue weighted by molar-refractivity contribution is 5.91. The first-order valence-electron chi connectivity index (χ1n) is 6.29. The summed E-state index contributed by atoms with van der Waals surface area (Å²) in [5, 5.41) is 0. The van der Waals surface area contributed by atoms with Crippen molar-refractivity contribution in [1.82, 2.24) is 9.88 Å². The van der Waals surface area contributed by atoms with E-state index in [9.17, 15) is 4.79 Å². The van der Waals surface area contributed by atoms with Crippen LogP contribution < -0.4 is 5.73 Å². The molecule has 3 rings (SSSR count). The van der Waals surface area contributed by atoms with Crippen molar-refractivity contribution in [2.24, 2.45) is 5.73 Å². The number of nitrogens with zero attached hydrogens (tertiary/aromatic N) is 2. The van der Waals surface area contributed by atoms with Crippen LogP contribution in [0.25, 0.3) is 0 Å². The SMILES string of the molecule is NCc1ccc(C(=O)N2CCc3ncccc3C2)o1. The first-order valence-corrected chi connectivity index (χ1v) is 6.29. The van der Waals surface area contributed by atoms with Gasteiger partial charge in [-0.15, -0.1) is 0 Å². The van der Waals surface area contributed by atoms with E-state index in [0.29, 0.717) is 31.2 Å². The highest BCUT2D eigenvalue weighted by Crippen LogP contribution is 2.19. The van der Waals surface area contributed by atoms with Crippen LogP contribution in [0, 0.1) is 0 Å². The zero-order valence-electron chi connectivity index (χ0n) is 10.5. The summed E-state index contributed by atoms with van der Waals surface area (Å²) >= 11 is 0. The molecule has 5 nitrogen and oxygen atoms in total. The minimum absolute atomic E-state index is 0.0887. The minimum atomic E-state index is -0.0887. The van der Waals surface area contributed by atoms with Gasteiger partial charge in [0.25, 0.3) is 5.91 Å². The lowest BCUT2D eigenvalue weighted by Crippen LogP contribution is -2.36. The van der Waals surface area contributed by atoms with E-state index in [2.05, 4.69) is 4.98 Å². The molecule has 0 saturated heterocycles. The predicted molar refractivity (Wildman–Crippen MR) is 69.3 cm³/mol. The molecule has 5 heteroatoms. The van der Waals surface area contributed by atoms with Crippen LogP contribution in [0.5, 0.6) is 0 Å². The van der Waals surface area contributed by atoms with Gasteiger partial charge >= 0.3 is 0 Å². The van der Waals surface area contributed by atoms with Crippen molar-refractivity contribution >= 4 is 5.91 Å². The van der Waals surface area contributed by atoms with Crippen LogP contribution in [0.2, 0.25) is 0 Å². The molecule has 0 aliphatic carbocycles. The fourth-order valence-corrected chi connectivity index (χ4v) is 2.30. The summed E-state index contributed by atoms with van der Waals surface area (Å²) in [6.45, 7) is 1.56. The molecule has 1 aliphatic rings. The molecule has 3 heterocycles. The number of aromatic nitrogens is 1. The summed E-state index contributed by atoms with van der Waals surface area (Å²) in [6.07, 6.45) is 2.57. The van der Waals surface area contributed by atoms with Crippen molar-refractivity contribution in [3.8, 4) is 0 Å². The van der Waals surface area contributed by atoms with Crippen LogP contribution in [0.4, 0.5) is 0 Å². The second kappa shape index (κ2) is 4.85. The van der Waals surface area contributed by atoms with Gasteiger partial charge in [-0.2, -0.15) is 0 Å². The van der Waals surface area contributed by atoms with Gasteiger partial charge in [0.05, 0.1) is 6.54 Å². The van der Waals surface area contributed by atoms with Gasteiger partial charge in [-0.05, 0) is 23.8 Å². The quantitative estimate of drug-likeness (QED) is 0.881. The highest BCUT2D eigenvalue weighted by atomic mass is 16.4. The first-order chi connectivity index (χ1) is 9.28. The van der Waals surface area contributed by atoms with Gasteiger partial charge in [-0.3, -0.25) is 9.78 Å². The van der Waals surface area contributed by atoms with E-state index in [-0.39, 0.29) is 5.91 Å². The van der Waals surface area contributed by atoms with Gasteiger partial charge in [0.15, 0.2) is 5.76 Å². The fraction of sp³-hybridized carbons (Fsp3) is 0.286. The standard InChI is InChI=1S/C14H15N3O2/c15-8-11-3-4-13(19-11)14(18)17-7-5-12-10(9-17)2-1-6-16-12/h1-4,6H,5,7-9,15H2. The number of amides is 1. The van der Waals surface area contributed by atoms with E-state index in [4.69, 9.17) is 10.2 Å². The molecule has 0 spiro atoms. The number of carbonyl (C=O) groups is 1. The zero-order valence-corrected chi connectivity index (χ0v) is 10.5. The van der Waals surface area contributed by atoms with Gasteiger partial charge in [0.2, 0.25) is 0 Å². The van der Waals surface area contributed by atoms with Crippen LogP contribution in [0.1, 0.15) is 27.6 Å². The predicted octanol–water partition coefficient (Wildman–Crippen LogP) is 1.33. The average molecular weight is 257 g/mol. The van der Waals surface area contributed by atoms with Gasteiger partial charge < -0.3 is 15.1 Å². The maximum atomic E-state index is 12.3. The Hall–Kier alpha value is -2.14. The van der Waals surface area contributed by atoms with Gasteiger partial charge in [0, 0.05) is 31.4 Å². The van der Waals surface area contributed by atoms with E-state index < -0.39 is 0 Å². The summed E-state index contributed by atoms with van der Waals surface area (Å²) in [5.74, 6) is 0.893. The monoisotopic (exact) mass is 257 g/mol. The lowest BCUT2D eigenvalue weighted by molar-refractivity contribution is 0.0699. The number of nitrogens with two attached hydrogens (primary N) is 1. The second-order valence-corrected chi connectivity index (χ2v) is 4.56. The molecule has 2 N–H and O–H groups in total. The summed E-state index contributed by atoms with van der Waals surface area (Å²) < 4.78 is 5.40. The zero-order chi connectivity index (χ0) is 13.2. The Bertz CT molecular complexity index is 606. The summed E-state index contributed by atoms with van der Waals surface area (Å²) in [4.78, 5) is 18.4. The minimum Gasteiger partial charge on any atom is -0.455 e. The van der Waals surface area contributed by atoms with E-state index >= 15 is 0 Å². The Kier molecular flexibility index (Phi) is 3.05. The van der Waals surface area contributed by atoms with Crippen LogP contribution in [0.3, 0.4) is 0 Å². The number of furan rings is 1. The molecule has 1 aliphatic heterocycles. The van der Waals surface area contributed by atoms with Crippen LogP contribution in [-0.2, 0) is 19.5 Å². The maximum Gasteiger partial charge on any atom is 0.289 e. The van der Waals surface area contributed by atoms with E-state index in [1.54, 1.807) is 23.2 Å². The molecule has 1 amide bonds. The largest absolute Gasteiger partial charge is 0.455 e. The molecule has 0 bridgehead atoms. The molecule has 0 aromatic carbocycles. The normalized spacial score (nSPS) is 14.3. The number of rotatable bonds is 2. The van der Waals surface area contributed by atoms with E-state index in [1.807, 2.05) is 12.1 Å². The number of hydrogen-bond acceptors (Lipinski definition) is 4. The Balaban J connectivity index is 1.79. The van der Waals surface area contributed by atoms with Crippen molar-refractivity contribution in [2.75, 3.05) is 6.54 Å². The van der Waals surface area contributed by atoms with Crippen LogP contribution >= 0.6 is 0 Å². The lowest BCUT2D eigenvalue weighted by atomic mass is 10.1. The van der Waals surface area contributed by atoms with Crippen LogP contribution in [0.15, 0.2) is 34.9 Å². The molecule has 2 aromatic rings. The molecular weight excluding hydrogens is 242 g/mol. The Morgan fingerprint density at radius 3 is 3.11 bits per heavy atom. The number of fused-ring (bicyclic) bond motifs is 1. The summed E-state index contributed by atoms with van der Waals surface area (Å²) in [7, 11) is 0. The van der Waals surface area contributed by atoms with Gasteiger partial charge in [-0.1, -0.05) is 6.07 Å². The topological polar surface area (TPSA) is 72.4 Å². The Labute approximate surface area is 111 Å². The molecular formula is C14H15N3O2. The molecule has 0 unspecified atom stereocenters. The summed E-state index contributed by atoms with van der Waals surface area (Å²) in [6, 6.07) is 7.33. The molecule has 0 radical (unpaired) electrons. The van der Waals surface area contributed by atoms with Gasteiger partial charge in [0.1, 0.15) is 5.76 Å². The molecule has 2 aromatic heterocycles. The molecule has 0 saturated carbocycles. The third kappa shape index (κ3) is 2.24. The van der Waals surface area contributed by atoms with Crippen molar-refractivity contribution in [1.29, 1.82) is 0 Å². The molecule has 0 fully saturated rings.